The van der Waals surface area contributed by atoms with E-state index in [1.807, 2.05) is 0 Å². The lowest BCUT2D eigenvalue weighted by atomic mass is 9.93. The summed E-state index contributed by atoms with van der Waals surface area (Å²) < 4.78 is 4.53. The van der Waals surface area contributed by atoms with Crippen LogP contribution < -0.4 is 5.73 Å². The predicted octanol–water partition coefficient (Wildman–Crippen LogP) is -0.0405. The van der Waals surface area contributed by atoms with Gasteiger partial charge < -0.3 is 20.7 Å². The van der Waals surface area contributed by atoms with Crippen LogP contribution in [-0.2, 0) is 9.53 Å². The summed E-state index contributed by atoms with van der Waals surface area (Å²) in [4.78, 5) is 32.6. The summed E-state index contributed by atoms with van der Waals surface area (Å²) in [5.74, 6) is -1.66. The minimum absolute atomic E-state index is 0.0525. The third kappa shape index (κ3) is 3.77. The second-order valence-electron chi connectivity index (χ2n) is 4.64. The number of ether oxygens (including phenoxy) is 1. The lowest BCUT2D eigenvalue weighted by Gasteiger charge is -2.20. The Morgan fingerprint density at radius 2 is 2.00 bits per heavy atom. The number of benzene rings is 1. The van der Waals surface area contributed by atoms with Gasteiger partial charge in [0.05, 0.1) is 30.1 Å². The molecular weight excluding hydrogens is 296 g/mol. The first-order chi connectivity index (χ1) is 10.2. The zero-order chi connectivity index (χ0) is 17.0. The quantitative estimate of drug-likeness (QED) is 0.378. The molecule has 1 amide bonds. The average Bonchev–Trinajstić information content (AvgIpc) is 2.44. The molecule has 0 saturated heterocycles. The maximum absolute atomic E-state index is 11.7. The van der Waals surface area contributed by atoms with Gasteiger partial charge >= 0.3 is 5.97 Å². The molecule has 0 radical (unpaired) electrons. The number of nitro benzene ring substituents is 1. The minimum atomic E-state index is -1.61. The zero-order valence-electron chi connectivity index (χ0n) is 12.0. The number of carbonyl (C=O) groups excluding carboxylic acids is 2. The van der Waals surface area contributed by atoms with E-state index in [4.69, 9.17) is 5.73 Å². The molecule has 0 heterocycles. The molecule has 9 nitrogen and oxygen atoms in total. The first kappa shape index (κ1) is 17.5. The average molecular weight is 312 g/mol. The highest BCUT2D eigenvalue weighted by Gasteiger charge is 2.27. The number of carbonyl (C=O) groups is 2. The van der Waals surface area contributed by atoms with E-state index >= 15 is 0 Å². The highest BCUT2D eigenvalue weighted by atomic mass is 16.6. The molecule has 0 aromatic heterocycles. The van der Waals surface area contributed by atoms with Crippen molar-refractivity contribution in [2.75, 3.05) is 7.11 Å². The number of hydrogen-bond donors (Lipinski definition) is 3. The molecule has 0 aliphatic rings. The van der Waals surface area contributed by atoms with E-state index in [0.717, 1.165) is 19.2 Å². The Labute approximate surface area is 125 Å². The second-order valence-corrected chi connectivity index (χ2v) is 4.64. The molecule has 0 bridgehead atoms. The number of rotatable bonds is 6. The van der Waals surface area contributed by atoms with E-state index in [1.54, 1.807) is 0 Å². The van der Waals surface area contributed by atoms with Gasteiger partial charge in [-0.05, 0) is 18.1 Å². The van der Waals surface area contributed by atoms with Crippen molar-refractivity contribution in [3.05, 3.63) is 38.9 Å². The van der Waals surface area contributed by atoms with E-state index in [9.17, 15) is 29.9 Å². The summed E-state index contributed by atoms with van der Waals surface area (Å²) in [5.41, 5.74) is 4.52. The largest absolute Gasteiger partial charge is 0.465 e. The van der Waals surface area contributed by atoms with Crippen LogP contribution >= 0.6 is 0 Å². The summed E-state index contributed by atoms with van der Waals surface area (Å²) in [7, 11) is 1.11. The predicted molar refractivity (Wildman–Crippen MR) is 74.0 cm³/mol. The van der Waals surface area contributed by atoms with Crippen molar-refractivity contribution < 1.29 is 29.5 Å². The van der Waals surface area contributed by atoms with Gasteiger partial charge in [-0.15, -0.1) is 0 Å². The standard InChI is InChI=1S/C13H16N2O7/c1-6-8(12(18)10(16)5-11(14)17)3-7(15(20)21)4-9(6)13(19)22-2/h3-4,10,12,16,18H,5H2,1-2H3,(H2,14,17). The number of aliphatic hydroxyl groups is 2. The summed E-state index contributed by atoms with van der Waals surface area (Å²) in [6.07, 6.45) is -3.70. The molecule has 1 aromatic rings. The van der Waals surface area contributed by atoms with Crippen molar-refractivity contribution in [3.8, 4) is 0 Å². The van der Waals surface area contributed by atoms with E-state index in [0.29, 0.717) is 0 Å². The first-order valence-corrected chi connectivity index (χ1v) is 6.20. The Morgan fingerprint density at radius 3 is 2.45 bits per heavy atom. The molecule has 9 heteroatoms. The van der Waals surface area contributed by atoms with Crippen LogP contribution in [0.2, 0.25) is 0 Å². The number of hydrogen-bond acceptors (Lipinski definition) is 7. The molecule has 1 aromatic carbocycles. The fourth-order valence-electron chi connectivity index (χ4n) is 1.98. The highest BCUT2D eigenvalue weighted by molar-refractivity contribution is 5.92. The Balaban J connectivity index is 3.39. The number of aliphatic hydroxyl groups excluding tert-OH is 2. The van der Waals surface area contributed by atoms with Gasteiger partial charge in [0.15, 0.2) is 0 Å². The molecule has 120 valence electrons. The number of nitro groups is 1. The van der Waals surface area contributed by atoms with Gasteiger partial charge in [0.25, 0.3) is 5.69 Å². The van der Waals surface area contributed by atoms with Crippen LogP contribution in [0.3, 0.4) is 0 Å². The van der Waals surface area contributed by atoms with Gasteiger partial charge in [0.1, 0.15) is 6.10 Å². The number of esters is 1. The number of nitrogens with zero attached hydrogens (tertiary/aromatic N) is 1. The van der Waals surface area contributed by atoms with Gasteiger partial charge in [0.2, 0.25) is 5.91 Å². The first-order valence-electron chi connectivity index (χ1n) is 6.20. The molecule has 2 unspecified atom stereocenters. The summed E-state index contributed by atoms with van der Waals surface area (Å²) in [6.45, 7) is 1.44. The minimum Gasteiger partial charge on any atom is -0.465 e. The van der Waals surface area contributed by atoms with Crippen molar-refractivity contribution in [2.24, 2.45) is 5.73 Å². The monoisotopic (exact) mass is 312 g/mol. The number of non-ortho nitro benzene ring substituents is 1. The highest BCUT2D eigenvalue weighted by Crippen LogP contribution is 2.29. The van der Waals surface area contributed by atoms with Crippen LogP contribution in [0, 0.1) is 17.0 Å². The van der Waals surface area contributed by atoms with Gasteiger partial charge in [-0.2, -0.15) is 0 Å². The van der Waals surface area contributed by atoms with Crippen LogP contribution in [0.15, 0.2) is 12.1 Å². The van der Waals surface area contributed by atoms with Crippen molar-refractivity contribution >= 4 is 17.6 Å². The van der Waals surface area contributed by atoms with E-state index in [1.165, 1.54) is 6.92 Å². The molecule has 0 spiro atoms. The molecule has 0 saturated carbocycles. The molecule has 4 N–H and O–H groups in total. The number of amides is 1. The SMILES string of the molecule is COC(=O)c1cc([N+](=O)[O-])cc(C(O)C(O)CC(N)=O)c1C. The maximum Gasteiger partial charge on any atom is 0.338 e. The molecule has 1 rings (SSSR count). The van der Waals surface area contributed by atoms with Crippen molar-refractivity contribution in [1.82, 2.24) is 0 Å². The van der Waals surface area contributed by atoms with Gasteiger partial charge in [-0.3, -0.25) is 14.9 Å². The third-order valence-corrected chi connectivity index (χ3v) is 3.14. The van der Waals surface area contributed by atoms with Crippen LogP contribution in [0.5, 0.6) is 0 Å². The maximum atomic E-state index is 11.7. The van der Waals surface area contributed by atoms with E-state index < -0.39 is 41.1 Å². The fourth-order valence-corrected chi connectivity index (χ4v) is 1.98. The number of nitrogens with two attached hydrogens (primary N) is 1. The summed E-state index contributed by atoms with van der Waals surface area (Å²) in [6, 6.07) is 2.04. The molecule has 0 aliphatic heterocycles. The van der Waals surface area contributed by atoms with Crippen LogP contribution in [0.1, 0.15) is 34.0 Å². The topological polar surface area (TPSA) is 153 Å². The van der Waals surface area contributed by atoms with Crippen molar-refractivity contribution in [1.29, 1.82) is 0 Å². The van der Waals surface area contributed by atoms with Gasteiger partial charge in [-0.1, -0.05) is 0 Å². The van der Waals surface area contributed by atoms with Crippen molar-refractivity contribution in [3.63, 3.8) is 0 Å². The summed E-state index contributed by atoms with van der Waals surface area (Å²) >= 11 is 0. The Kier molecular flexibility index (Phi) is 5.55. The smallest absolute Gasteiger partial charge is 0.338 e. The normalized spacial score (nSPS) is 13.3. The van der Waals surface area contributed by atoms with Crippen LogP contribution in [0.4, 0.5) is 5.69 Å². The Hall–Kier alpha value is -2.52. The number of primary amides is 1. The molecule has 2 atom stereocenters. The van der Waals surface area contributed by atoms with E-state index in [2.05, 4.69) is 4.74 Å². The van der Waals surface area contributed by atoms with Crippen LogP contribution in [-0.4, -0.2) is 40.2 Å². The molecule has 22 heavy (non-hydrogen) atoms. The van der Waals surface area contributed by atoms with Crippen LogP contribution in [0.25, 0.3) is 0 Å². The molecular formula is C13H16N2O7. The zero-order valence-corrected chi connectivity index (χ0v) is 12.0. The number of methoxy groups -OCH3 is 1. The van der Waals surface area contributed by atoms with Gasteiger partial charge in [-0.25, -0.2) is 4.79 Å². The molecule has 0 aliphatic carbocycles. The molecule has 0 fully saturated rings. The fraction of sp³-hybridized carbons (Fsp3) is 0.385. The van der Waals surface area contributed by atoms with Crippen molar-refractivity contribution in [2.45, 2.75) is 25.6 Å². The lowest BCUT2D eigenvalue weighted by molar-refractivity contribution is -0.385. The van der Waals surface area contributed by atoms with Gasteiger partial charge in [0, 0.05) is 12.1 Å². The lowest BCUT2D eigenvalue weighted by Crippen LogP contribution is -2.26. The summed E-state index contributed by atoms with van der Waals surface area (Å²) in [5, 5.41) is 30.7. The van der Waals surface area contributed by atoms with E-state index in [-0.39, 0.29) is 16.7 Å². The third-order valence-electron chi connectivity index (χ3n) is 3.14. The Bertz CT molecular complexity index is 615. The Morgan fingerprint density at radius 1 is 1.41 bits per heavy atom. The second kappa shape index (κ2) is 6.96.